The van der Waals surface area contributed by atoms with E-state index in [1.165, 1.54) is 12.8 Å². The first-order valence-corrected chi connectivity index (χ1v) is 11.6. The summed E-state index contributed by atoms with van der Waals surface area (Å²) in [6, 6.07) is 4.39. The van der Waals surface area contributed by atoms with Gasteiger partial charge in [0, 0.05) is 39.1 Å². The zero-order chi connectivity index (χ0) is 22.1. The van der Waals surface area contributed by atoms with Crippen molar-refractivity contribution in [3.63, 3.8) is 0 Å². The number of anilines is 5. The Bertz CT molecular complexity index is 953. The van der Waals surface area contributed by atoms with Gasteiger partial charge in [0.25, 0.3) is 0 Å². The Labute approximate surface area is 188 Å². The van der Waals surface area contributed by atoms with Gasteiger partial charge in [-0.05, 0) is 37.8 Å². The van der Waals surface area contributed by atoms with Crippen LogP contribution in [0, 0.1) is 0 Å². The number of nitrogens with zero attached hydrogens (tertiary/aromatic N) is 6. The van der Waals surface area contributed by atoms with Crippen LogP contribution >= 0.6 is 0 Å². The van der Waals surface area contributed by atoms with Crippen LogP contribution in [0.4, 0.5) is 29.0 Å². The maximum absolute atomic E-state index is 12.5. The van der Waals surface area contributed by atoms with Crippen LogP contribution in [0.1, 0.15) is 44.9 Å². The molecule has 9 heteroatoms. The first-order chi connectivity index (χ1) is 15.6. The lowest BCUT2D eigenvalue weighted by atomic mass is 10.1. The summed E-state index contributed by atoms with van der Waals surface area (Å²) in [7, 11) is 1.80. The number of aliphatic hydroxyl groups excluding tert-OH is 1. The van der Waals surface area contributed by atoms with Gasteiger partial charge in [-0.3, -0.25) is 4.79 Å². The Balaban J connectivity index is 1.36. The van der Waals surface area contributed by atoms with Gasteiger partial charge in [0.05, 0.1) is 24.2 Å². The second kappa shape index (κ2) is 8.90. The standard InChI is InChI=1S/C23H31N7O2/c1-28-19-15-25-23(27-22(19)30(13-10-21(28)32)16-4-2-3-5-16)26-20-7-6-17(14-24-20)29-11-8-18(31)9-12-29/h6-7,14-16,18,31H,2-5,8-13H2,1H3,(H,24,25,26,27). The number of aromatic nitrogens is 3. The zero-order valence-corrected chi connectivity index (χ0v) is 18.6. The third kappa shape index (κ3) is 4.21. The third-order valence-electron chi connectivity index (χ3n) is 6.91. The second-order valence-corrected chi connectivity index (χ2v) is 8.98. The number of rotatable bonds is 4. The predicted molar refractivity (Wildman–Crippen MR) is 125 cm³/mol. The van der Waals surface area contributed by atoms with E-state index in [0.29, 0.717) is 30.8 Å². The molecule has 2 fully saturated rings. The molecule has 0 aromatic carbocycles. The smallest absolute Gasteiger partial charge is 0.230 e. The molecule has 2 N–H and O–H groups in total. The molecule has 0 radical (unpaired) electrons. The number of hydrogen-bond donors (Lipinski definition) is 2. The number of pyridine rings is 1. The van der Waals surface area contributed by atoms with Crippen molar-refractivity contribution in [2.24, 2.45) is 0 Å². The minimum atomic E-state index is -0.191. The predicted octanol–water partition coefficient (Wildman–Crippen LogP) is 2.69. The fraction of sp³-hybridized carbons (Fsp3) is 0.565. The largest absolute Gasteiger partial charge is 0.393 e. The minimum absolute atomic E-state index is 0.0959. The Morgan fingerprint density at radius 2 is 1.81 bits per heavy atom. The van der Waals surface area contributed by atoms with Crippen molar-refractivity contribution in [1.29, 1.82) is 0 Å². The van der Waals surface area contributed by atoms with Gasteiger partial charge in [-0.1, -0.05) is 12.8 Å². The van der Waals surface area contributed by atoms with Crippen molar-refractivity contribution >= 4 is 34.9 Å². The highest BCUT2D eigenvalue weighted by Gasteiger charge is 2.31. The zero-order valence-electron chi connectivity index (χ0n) is 18.6. The lowest BCUT2D eigenvalue weighted by Crippen LogP contribution is -2.35. The molecular formula is C23H31N7O2. The number of carbonyl (C=O) groups excluding carboxylic acids is 1. The van der Waals surface area contributed by atoms with Crippen LogP contribution in [0.15, 0.2) is 24.5 Å². The maximum atomic E-state index is 12.5. The number of nitrogens with one attached hydrogen (secondary N) is 1. The van der Waals surface area contributed by atoms with Crippen LogP contribution in [0.5, 0.6) is 0 Å². The molecule has 1 saturated heterocycles. The van der Waals surface area contributed by atoms with Gasteiger partial charge in [0.2, 0.25) is 11.9 Å². The Morgan fingerprint density at radius 1 is 1.03 bits per heavy atom. The first-order valence-electron chi connectivity index (χ1n) is 11.6. The maximum Gasteiger partial charge on any atom is 0.230 e. The molecule has 0 spiro atoms. The van der Waals surface area contributed by atoms with Crippen molar-refractivity contribution in [3.8, 4) is 0 Å². The summed E-state index contributed by atoms with van der Waals surface area (Å²) >= 11 is 0. The van der Waals surface area contributed by atoms with Gasteiger partial charge in [0.15, 0.2) is 5.82 Å². The number of fused-ring (bicyclic) bond motifs is 1. The molecule has 9 nitrogen and oxygen atoms in total. The molecule has 170 valence electrons. The molecule has 2 aromatic heterocycles. The highest BCUT2D eigenvalue weighted by atomic mass is 16.3. The fourth-order valence-electron chi connectivity index (χ4n) is 4.96. The molecule has 2 aromatic rings. The van der Waals surface area contributed by atoms with Crippen LogP contribution in [-0.2, 0) is 4.79 Å². The summed E-state index contributed by atoms with van der Waals surface area (Å²) in [6.07, 6.45) is 10.2. The van der Waals surface area contributed by atoms with E-state index >= 15 is 0 Å². The Morgan fingerprint density at radius 3 is 2.53 bits per heavy atom. The van der Waals surface area contributed by atoms with Crippen molar-refractivity contribution in [2.45, 2.75) is 57.1 Å². The summed E-state index contributed by atoms with van der Waals surface area (Å²) in [4.78, 5) is 32.6. The molecule has 1 amide bonds. The van der Waals surface area contributed by atoms with E-state index < -0.39 is 0 Å². The van der Waals surface area contributed by atoms with Gasteiger partial charge in [-0.25, -0.2) is 9.97 Å². The molecule has 0 atom stereocenters. The normalized spacial score (nSPS) is 20.4. The molecule has 0 unspecified atom stereocenters. The molecule has 2 aliphatic heterocycles. The molecule has 3 aliphatic rings. The molecule has 5 rings (SSSR count). The van der Waals surface area contributed by atoms with Crippen molar-refractivity contribution in [3.05, 3.63) is 24.5 Å². The summed E-state index contributed by atoms with van der Waals surface area (Å²) in [5, 5.41) is 12.9. The molecule has 1 saturated carbocycles. The van der Waals surface area contributed by atoms with E-state index in [1.807, 2.05) is 18.3 Å². The monoisotopic (exact) mass is 437 g/mol. The molecule has 0 bridgehead atoms. The Kier molecular flexibility index (Phi) is 5.82. The van der Waals surface area contributed by atoms with Crippen LogP contribution in [-0.4, -0.2) is 64.8 Å². The average Bonchev–Trinajstić information content (AvgIpc) is 3.31. The van der Waals surface area contributed by atoms with Crippen LogP contribution in [0.25, 0.3) is 0 Å². The summed E-state index contributed by atoms with van der Waals surface area (Å²) in [6.45, 7) is 2.37. The lowest BCUT2D eigenvalue weighted by Gasteiger charge is -2.31. The van der Waals surface area contributed by atoms with E-state index in [4.69, 9.17) is 4.98 Å². The number of hydrogen-bond acceptors (Lipinski definition) is 8. The van der Waals surface area contributed by atoms with E-state index in [1.54, 1.807) is 18.1 Å². The third-order valence-corrected chi connectivity index (χ3v) is 6.91. The van der Waals surface area contributed by atoms with E-state index in [9.17, 15) is 9.90 Å². The van der Waals surface area contributed by atoms with Crippen molar-refractivity contribution in [2.75, 3.05) is 46.7 Å². The lowest BCUT2D eigenvalue weighted by molar-refractivity contribution is -0.118. The van der Waals surface area contributed by atoms with Crippen molar-refractivity contribution < 1.29 is 9.90 Å². The number of piperidine rings is 1. The minimum Gasteiger partial charge on any atom is -0.393 e. The van der Waals surface area contributed by atoms with Crippen LogP contribution < -0.4 is 20.0 Å². The van der Waals surface area contributed by atoms with Gasteiger partial charge < -0.3 is 25.1 Å². The van der Waals surface area contributed by atoms with Gasteiger partial charge in [-0.15, -0.1) is 0 Å². The van der Waals surface area contributed by atoms with E-state index in [-0.39, 0.29) is 12.0 Å². The average molecular weight is 438 g/mol. The molecule has 32 heavy (non-hydrogen) atoms. The second-order valence-electron chi connectivity index (χ2n) is 8.98. The van der Waals surface area contributed by atoms with E-state index in [0.717, 1.165) is 56.0 Å². The van der Waals surface area contributed by atoms with Crippen molar-refractivity contribution in [1.82, 2.24) is 15.0 Å². The number of aliphatic hydroxyl groups is 1. The summed E-state index contributed by atoms with van der Waals surface area (Å²) in [5.41, 5.74) is 1.82. The highest BCUT2D eigenvalue weighted by molar-refractivity contribution is 5.97. The summed E-state index contributed by atoms with van der Waals surface area (Å²) in [5.74, 6) is 2.08. The quantitative estimate of drug-likeness (QED) is 0.754. The van der Waals surface area contributed by atoms with E-state index in [2.05, 4.69) is 25.1 Å². The Hall–Kier alpha value is -2.94. The SMILES string of the molecule is CN1C(=O)CCN(C2CCCC2)c2nc(Nc3ccc(N4CCC(O)CC4)cn3)ncc21. The molecule has 1 aliphatic carbocycles. The van der Waals surface area contributed by atoms with Crippen LogP contribution in [0.2, 0.25) is 0 Å². The topological polar surface area (TPSA) is 97.7 Å². The van der Waals surface area contributed by atoms with Gasteiger partial charge in [-0.2, -0.15) is 4.98 Å². The molecule has 4 heterocycles. The highest BCUT2D eigenvalue weighted by Crippen LogP contribution is 2.36. The fourth-order valence-corrected chi connectivity index (χ4v) is 4.96. The van der Waals surface area contributed by atoms with Gasteiger partial charge in [0.1, 0.15) is 11.5 Å². The number of amides is 1. The van der Waals surface area contributed by atoms with Crippen LogP contribution in [0.3, 0.4) is 0 Å². The first kappa shape index (κ1) is 20.9. The number of carbonyl (C=O) groups is 1. The molecular weight excluding hydrogens is 406 g/mol. The summed E-state index contributed by atoms with van der Waals surface area (Å²) < 4.78 is 0. The van der Waals surface area contributed by atoms with Gasteiger partial charge >= 0.3 is 0 Å².